The Hall–Kier alpha value is -2.27. The summed E-state index contributed by atoms with van der Waals surface area (Å²) in [5.74, 6) is 0. The van der Waals surface area contributed by atoms with Gasteiger partial charge in [0, 0.05) is 16.5 Å². The molecule has 0 bridgehead atoms. The number of benzene rings is 2. The normalized spacial score (nSPS) is 12.0. The fraction of sp³-hybridized carbons (Fsp3) is 0.300. The predicted molar refractivity (Wildman–Crippen MR) is 95.5 cm³/mol. The van der Waals surface area contributed by atoms with Gasteiger partial charge in [0.05, 0.1) is 11.3 Å². The van der Waals surface area contributed by atoms with Crippen molar-refractivity contribution in [2.24, 2.45) is 5.73 Å². The number of para-hydroxylation sites is 1. The first-order valence-corrected chi connectivity index (χ1v) is 8.40. The van der Waals surface area contributed by atoms with Gasteiger partial charge in [0.25, 0.3) is 0 Å². The second-order valence-corrected chi connectivity index (χ2v) is 6.27. The van der Waals surface area contributed by atoms with E-state index >= 15 is 0 Å². The van der Waals surface area contributed by atoms with Crippen LogP contribution in [-0.4, -0.2) is 11.5 Å². The molecular formula is C20H21F3N2. The molecule has 0 saturated carbocycles. The Kier molecular flexibility index (Phi) is 4.86. The van der Waals surface area contributed by atoms with Gasteiger partial charge in [-0.25, -0.2) is 0 Å². The summed E-state index contributed by atoms with van der Waals surface area (Å²) < 4.78 is 40.4. The Labute approximate surface area is 144 Å². The molecule has 0 radical (unpaired) electrons. The van der Waals surface area contributed by atoms with Crippen LogP contribution >= 0.6 is 0 Å². The van der Waals surface area contributed by atoms with E-state index in [4.69, 9.17) is 5.73 Å². The zero-order chi connectivity index (χ0) is 18.0. The summed E-state index contributed by atoms with van der Waals surface area (Å²) in [7, 11) is 0. The molecule has 132 valence electrons. The van der Waals surface area contributed by atoms with Crippen LogP contribution in [0.2, 0.25) is 0 Å². The number of nitrogens with one attached hydrogen (secondary N) is 1. The van der Waals surface area contributed by atoms with Crippen molar-refractivity contribution >= 4 is 10.9 Å². The third kappa shape index (κ3) is 3.42. The molecule has 25 heavy (non-hydrogen) atoms. The van der Waals surface area contributed by atoms with E-state index in [2.05, 4.69) is 4.98 Å². The van der Waals surface area contributed by atoms with E-state index in [0.717, 1.165) is 40.9 Å². The monoisotopic (exact) mass is 346 g/mol. The zero-order valence-corrected chi connectivity index (χ0v) is 14.1. The highest BCUT2D eigenvalue weighted by molar-refractivity contribution is 5.93. The lowest BCUT2D eigenvalue weighted by molar-refractivity contribution is -0.137. The summed E-state index contributed by atoms with van der Waals surface area (Å²) in [6.45, 7) is 2.54. The van der Waals surface area contributed by atoms with Gasteiger partial charge in [-0.2, -0.15) is 13.2 Å². The summed E-state index contributed by atoms with van der Waals surface area (Å²) in [4.78, 5) is 3.26. The van der Waals surface area contributed by atoms with Gasteiger partial charge < -0.3 is 10.7 Å². The third-order valence-corrected chi connectivity index (χ3v) is 4.53. The third-order valence-electron chi connectivity index (χ3n) is 4.53. The van der Waals surface area contributed by atoms with Crippen molar-refractivity contribution in [3.8, 4) is 11.3 Å². The SMILES string of the molecule is Cc1cccc2c(CCCCN)c(-c3ccccc3C(F)(F)F)[nH]c12. The van der Waals surface area contributed by atoms with Crippen LogP contribution in [0.5, 0.6) is 0 Å². The smallest absolute Gasteiger partial charge is 0.354 e. The molecule has 0 aliphatic heterocycles. The molecule has 0 spiro atoms. The minimum absolute atomic E-state index is 0.202. The number of fused-ring (bicyclic) bond motifs is 1. The van der Waals surface area contributed by atoms with Crippen molar-refractivity contribution in [1.82, 2.24) is 4.98 Å². The van der Waals surface area contributed by atoms with Crippen LogP contribution in [0, 0.1) is 6.92 Å². The number of hydrogen-bond donors (Lipinski definition) is 2. The van der Waals surface area contributed by atoms with Crippen LogP contribution in [0.1, 0.15) is 29.5 Å². The Morgan fingerprint density at radius 1 is 1.00 bits per heavy atom. The first-order chi connectivity index (χ1) is 11.9. The average molecular weight is 346 g/mol. The van der Waals surface area contributed by atoms with Crippen molar-refractivity contribution in [2.75, 3.05) is 6.54 Å². The van der Waals surface area contributed by atoms with E-state index in [-0.39, 0.29) is 5.56 Å². The lowest BCUT2D eigenvalue weighted by Crippen LogP contribution is -2.07. The van der Waals surface area contributed by atoms with Crippen molar-refractivity contribution in [3.63, 3.8) is 0 Å². The fourth-order valence-electron chi connectivity index (χ4n) is 3.30. The van der Waals surface area contributed by atoms with Crippen LogP contribution in [0.3, 0.4) is 0 Å². The minimum Gasteiger partial charge on any atom is -0.354 e. The maximum absolute atomic E-state index is 13.5. The maximum Gasteiger partial charge on any atom is 0.417 e. The topological polar surface area (TPSA) is 41.8 Å². The molecule has 0 amide bonds. The van der Waals surface area contributed by atoms with Gasteiger partial charge in [0.1, 0.15) is 0 Å². The molecule has 0 aliphatic carbocycles. The number of aromatic amines is 1. The standard InChI is InChI=1S/C20H21F3N2/c1-13-7-6-10-14-15(8-4-5-12-24)19(25-18(13)14)16-9-2-3-11-17(16)20(21,22)23/h2-3,6-7,9-11,25H,4-5,8,12,24H2,1H3. The molecule has 2 nitrogen and oxygen atoms in total. The number of halogens is 3. The van der Waals surface area contributed by atoms with E-state index in [1.165, 1.54) is 12.1 Å². The summed E-state index contributed by atoms with van der Waals surface area (Å²) in [5.41, 5.74) is 8.59. The summed E-state index contributed by atoms with van der Waals surface area (Å²) in [6, 6.07) is 11.6. The van der Waals surface area contributed by atoms with Crippen LogP contribution in [-0.2, 0) is 12.6 Å². The second-order valence-electron chi connectivity index (χ2n) is 6.27. The number of aryl methyl sites for hydroxylation is 2. The number of alkyl halides is 3. The highest BCUT2D eigenvalue weighted by Gasteiger charge is 2.34. The van der Waals surface area contributed by atoms with Crippen molar-refractivity contribution < 1.29 is 13.2 Å². The largest absolute Gasteiger partial charge is 0.417 e. The van der Waals surface area contributed by atoms with Crippen LogP contribution in [0.4, 0.5) is 13.2 Å². The van der Waals surface area contributed by atoms with Crippen molar-refractivity contribution in [3.05, 3.63) is 59.2 Å². The molecule has 3 rings (SSSR count). The summed E-state index contributed by atoms with van der Waals surface area (Å²) in [6.07, 6.45) is -2.00. The molecule has 5 heteroatoms. The first kappa shape index (κ1) is 17.5. The molecule has 0 unspecified atom stereocenters. The molecule has 0 aliphatic rings. The highest BCUT2D eigenvalue weighted by atomic mass is 19.4. The summed E-state index contributed by atoms with van der Waals surface area (Å²) in [5, 5.41) is 0.990. The Balaban J connectivity index is 2.22. The maximum atomic E-state index is 13.5. The van der Waals surface area contributed by atoms with E-state index in [9.17, 15) is 13.2 Å². The van der Waals surface area contributed by atoms with Gasteiger partial charge in [-0.3, -0.25) is 0 Å². The molecule has 0 saturated heterocycles. The molecule has 2 aromatic carbocycles. The number of aromatic nitrogens is 1. The van der Waals surface area contributed by atoms with Crippen LogP contribution in [0.15, 0.2) is 42.5 Å². The van der Waals surface area contributed by atoms with Crippen LogP contribution < -0.4 is 5.73 Å². The molecule has 0 fully saturated rings. The quantitative estimate of drug-likeness (QED) is 0.593. The van der Waals surface area contributed by atoms with Crippen molar-refractivity contribution in [1.29, 1.82) is 0 Å². The van der Waals surface area contributed by atoms with Gasteiger partial charge in [-0.05, 0) is 49.9 Å². The molecule has 0 atom stereocenters. The minimum atomic E-state index is -4.39. The van der Waals surface area contributed by atoms with E-state index < -0.39 is 11.7 Å². The number of unbranched alkanes of at least 4 members (excludes halogenated alkanes) is 1. The fourth-order valence-corrected chi connectivity index (χ4v) is 3.30. The number of H-pyrrole nitrogens is 1. The number of nitrogens with two attached hydrogens (primary N) is 1. The molecule has 3 N–H and O–H groups in total. The van der Waals surface area contributed by atoms with Crippen molar-refractivity contribution in [2.45, 2.75) is 32.4 Å². The predicted octanol–water partition coefficient (Wildman–Crippen LogP) is 5.44. The molecular weight excluding hydrogens is 325 g/mol. The van der Waals surface area contributed by atoms with Gasteiger partial charge in [-0.1, -0.05) is 36.4 Å². The average Bonchev–Trinajstić information content (AvgIpc) is 2.95. The molecule has 1 heterocycles. The molecule has 3 aromatic rings. The Morgan fingerprint density at radius 3 is 2.48 bits per heavy atom. The van der Waals surface area contributed by atoms with Gasteiger partial charge in [0.2, 0.25) is 0 Å². The first-order valence-electron chi connectivity index (χ1n) is 8.40. The number of rotatable bonds is 5. The van der Waals surface area contributed by atoms with Crippen LogP contribution in [0.25, 0.3) is 22.2 Å². The Morgan fingerprint density at radius 2 is 1.76 bits per heavy atom. The van der Waals surface area contributed by atoms with Gasteiger partial charge >= 0.3 is 6.18 Å². The van der Waals surface area contributed by atoms with E-state index in [1.54, 1.807) is 6.07 Å². The highest BCUT2D eigenvalue weighted by Crippen LogP contribution is 2.40. The molecule has 1 aromatic heterocycles. The van der Waals surface area contributed by atoms with Gasteiger partial charge in [-0.15, -0.1) is 0 Å². The number of hydrogen-bond acceptors (Lipinski definition) is 1. The van der Waals surface area contributed by atoms with Gasteiger partial charge in [0.15, 0.2) is 0 Å². The zero-order valence-electron chi connectivity index (χ0n) is 14.1. The lowest BCUT2D eigenvalue weighted by atomic mass is 9.96. The van der Waals surface area contributed by atoms with E-state index in [0.29, 0.717) is 18.7 Å². The Bertz CT molecular complexity index is 878. The summed E-state index contributed by atoms with van der Waals surface area (Å²) >= 11 is 0. The van der Waals surface area contributed by atoms with E-state index in [1.807, 2.05) is 25.1 Å². The second kappa shape index (κ2) is 6.92. The lowest BCUT2D eigenvalue weighted by Gasteiger charge is -2.13.